The van der Waals surface area contributed by atoms with Crippen LogP contribution >= 0.6 is 11.6 Å². The number of benzene rings is 1. The maximum atomic E-state index is 12.1. The van der Waals surface area contributed by atoms with Crippen LogP contribution in [0.2, 0.25) is 5.02 Å². The molecule has 0 aliphatic carbocycles. The van der Waals surface area contributed by atoms with Gasteiger partial charge in [0, 0.05) is 6.92 Å². The molecule has 5 nitrogen and oxygen atoms in total. The highest BCUT2D eigenvalue weighted by Gasteiger charge is 2.20. The van der Waals surface area contributed by atoms with Crippen LogP contribution in [0, 0.1) is 13.8 Å². The van der Waals surface area contributed by atoms with E-state index in [1.807, 2.05) is 19.9 Å². The molecule has 23 heavy (non-hydrogen) atoms. The zero-order chi connectivity index (χ0) is 17.0. The molecule has 0 bridgehead atoms. The van der Waals surface area contributed by atoms with Gasteiger partial charge in [0.2, 0.25) is 11.8 Å². The van der Waals surface area contributed by atoms with Crippen LogP contribution in [-0.2, 0) is 16.1 Å². The average Bonchev–Trinajstić information content (AvgIpc) is 2.96. The molecule has 0 saturated carbocycles. The Morgan fingerprint density at radius 3 is 2.61 bits per heavy atom. The van der Waals surface area contributed by atoms with Gasteiger partial charge in [0.05, 0.1) is 23.5 Å². The summed E-state index contributed by atoms with van der Waals surface area (Å²) in [4.78, 5) is 25.5. The molecule has 2 aromatic rings. The van der Waals surface area contributed by atoms with Crippen molar-refractivity contribution in [2.24, 2.45) is 0 Å². The van der Waals surface area contributed by atoms with Gasteiger partial charge in [-0.3, -0.25) is 9.59 Å². The smallest absolute Gasteiger partial charge is 0.240 e. The molecule has 0 unspecified atom stereocenters. The van der Waals surface area contributed by atoms with Gasteiger partial charge < -0.3 is 14.6 Å². The largest absolute Gasteiger partial charge is 0.467 e. The van der Waals surface area contributed by atoms with Crippen LogP contribution in [-0.4, -0.2) is 18.4 Å². The molecule has 1 aromatic heterocycles. The SMILES string of the molecule is CC(=O)N(CC(=O)NCc1ccco1)c1c(C)cc(C)cc1Cl. The molecular formula is C17H19ClN2O3. The fraction of sp³-hybridized carbons (Fsp3) is 0.294. The number of halogens is 1. The lowest BCUT2D eigenvalue weighted by Crippen LogP contribution is -2.40. The summed E-state index contributed by atoms with van der Waals surface area (Å²) < 4.78 is 5.16. The number of amides is 2. The van der Waals surface area contributed by atoms with Crippen molar-refractivity contribution in [2.75, 3.05) is 11.4 Å². The molecule has 6 heteroatoms. The first-order valence-corrected chi connectivity index (χ1v) is 7.60. The summed E-state index contributed by atoms with van der Waals surface area (Å²) in [6.45, 7) is 5.38. The van der Waals surface area contributed by atoms with E-state index in [1.54, 1.807) is 24.5 Å². The first kappa shape index (κ1) is 17.1. The minimum absolute atomic E-state index is 0.0976. The number of hydrogen-bond donors (Lipinski definition) is 1. The molecule has 0 fully saturated rings. The second kappa shape index (κ2) is 7.33. The molecule has 0 aliphatic rings. The van der Waals surface area contributed by atoms with Crippen LogP contribution in [0.15, 0.2) is 34.9 Å². The van der Waals surface area contributed by atoms with Gasteiger partial charge in [0.1, 0.15) is 12.3 Å². The highest BCUT2D eigenvalue weighted by atomic mass is 35.5. The van der Waals surface area contributed by atoms with Gasteiger partial charge in [-0.2, -0.15) is 0 Å². The third-order valence-corrected chi connectivity index (χ3v) is 3.68. The van der Waals surface area contributed by atoms with Crippen molar-refractivity contribution in [1.82, 2.24) is 5.32 Å². The maximum absolute atomic E-state index is 12.1. The molecule has 0 radical (unpaired) electrons. The Bertz CT molecular complexity index is 688. The molecular weight excluding hydrogens is 316 g/mol. The third kappa shape index (κ3) is 4.36. The topological polar surface area (TPSA) is 62.6 Å². The summed E-state index contributed by atoms with van der Waals surface area (Å²) >= 11 is 6.27. The lowest BCUT2D eigenvalue weighted by atomic mass is 10.1. The zero-order valence-corrected chi connectivity index (χ0v) is 14.1. The Kier molecular flexibility index (Phi) is 5.45. The number of furan rings is 1. The first-order valence-electron chi connectivity index (χ1n) is 7.22. The average molecular weight is 335 g/mol. The summed E-state index contributed by atoms with van der Waals surface area (Å²) in [6, 6.07) is 7.22. The number of anilines is 1. The van der Waals surface area contributed by atoms with Crippen LogP contribution in [0.25, 0.3) is 0 Å². The molecule has 0 aliphatic heterocycles. The number of aryl methyl sites for hydroxylation is 2. The lowest BCUT2D eigenvalue weighted by molar-refractivity contribution is -0.123. The number of nitrogens with one attached hydrogen (secondary N) is 1. The Hall–Kier alpha value is -2.27. The van der Waals surface area contributed by atoms with Crippen molar-refractivity contribution < 1.29 is 14.0 Å². The van der Waals surface area contributed by atoms with Crippen molar-refractivity contribution in [1.29, 1.82) is 0 Å². The molecule has 1 heterocycles. The van der Waals surface area contributed by atoms with E-state index < -0.39 is 0 Å². The van der Waals surface area contributed by atoms with Crippen molar-refractivity contribution in [3.05, 3.63) is 52.4 Å². The molecule has 122 valence electrons. The normalized spacial score (nSPS) is 10.4. The van der Waals surface area contributed by atoms with Gasteiger partial charge in [0.15, 0.2) is 0 Å². The maximum Gasteiger partial charge on any atom is 0.240 e. The van der Waals surface area contributed by atoms with E-state index >= 15 is 0 Å². The Morgan fingerprint density at radius 1 is 1.30 bits per heavy atom. The van der Waals surface area contributed by atoms with E-state index in [9.17, 15) is 9.59 Å². The molecule has 0 spiro atoms. The van der Waals surface area contributed by atoms with Crippen LogP contribution in [0.1, 0.15) is 23.8 Å². The molecule has 1 aromatic carbocycles. The standard InChI is InChI=1S/C17H19ClN2O3/c1-11-7-12(2)17(15(18)8-11)20(13(3)21)10-16(22)19-9-14-5-4-6-23-14/h4-8H,9-10H2,1-3H3,(H,19,22). The minimum atomic E-state index is -0.285. The van der Waals surface area contributed by atoms with Gasteiger partial charge in [-0.1, -0.05) is 17.7 Å². The zero-order valence-electron chi connectivity index (χ0n) is 13.4. The monoisotopic (exact) mass is 334 g/mol. The molecule has 0 saturated heterocycles. The molecule has 2 rings (SSSR count). The molecule has 0 atom stereocenters. The van der Waals surface area contributed by atoms with E-state index in [-0.39, 0.29) is 24.9 Å². The number of carbonyl (C=O) groups is 2. The van der Waals surface area contributed by atoms with E-state index in [4.69, 9.17) is 16.0 Å². The Morgan fingerprint density at radius 2 is 2.04 bits per heavy atom. The summed E-state index contributed by atoms with van der Waals surface area (Å²) in [7, 11) is 0. The van der Waals surface area contributed by atoms with Crippen molar-refractivity contribution in [3.8, 4) is 0 Å². The summed E-state index contributed by atoms with van der Waals surface area (Å²) in [6.07, 6.45) is 1.54. The van der Waals surface area contributed by atoms with Crippen LogP contribution in [0.3, 0.4) is 0 Å². The summed E-state index contributed by atoms with van der Waals surface area (Å²) in [5, 5.41) is 3.18. The van der Waals surface area contributed by atoms with Crippen molar-refractivity contribution in [3.63, 3.8) is 0 Å². The quantitative estimate of drug-likeness (QED) is 0.913. The van der Waals surface area contributed by atoms with Crippen molar-refractivity contribution >= 4 is 29.1 Å². The predicted octanol–water partition coefficient (Wildman–Crippen LogP) is 3.22. The number of hydrogen-bond acceptors (Lipinski definition) is 3. The van der Waals surface area contributed by atoms with E-state index in [2.05, 4.69) is 5.32 Å². The van der Waals surface area contributed by atoms with Gasteiger partial charge in [-0.15, -0.1) is 0 Å². The van der Waals surface area contributed by atoms with E-state index in [0.29, 0.717) is 16.5 Å². The highest BCUT2D eigenvalue weighted by Crippen LogP contribution is 2.31. The fourth-order valence-corrected chi connectivity index (χ4v) is 2.82. The van der Waals surface area contributed by atoms with Crippen LogP contribution in [0.4, 0.5) is 5.69 Å². The lowest BCUT2D eigenvalue weighted by Gasteiger charge is -2.24. The summed E-state index contributed by atoms with van der Waals surface area (Å²) in [5.41, 5.74) is 2.42. The fourth-order valence-electron chi connectivity index (χ4n) is 2.40. The van der Waals surface area contributed by atoms with Gasteiger partial charge in [-0.05, 0) is 43.2 Å². The number of rotatable bonds is 5. The second-order valence-electron chi connectivity index (χ2n) is 5.37. The highest BCUT2D eigenvalue weighted by molar-refractivity contribution is 6.34. The van der Waals surface area contributed by atoms with Gasteiger partial charge in [-0.25, -0.2) is 0 Å². The summed E-state index contributed by atoms with van der Waals surface area (Å²) in [5.74, 6) is 0.122. The van der Waals surface area contributed by atoms with Gasteiger partial charge in [0.25, 0.3) is 0 Å². The Labute approximate surface area is 140 Å². The van der Waals surface area contributed by atoms with Gasteiger partial charge >= 0.3 is 0 Å². The van der Waals surface area contributed by atoms with E-state index in [1.165, 1.54) is 11.8 Å². The minimum Gasteiger partial charge on any atom is -0.467 e. The van der Waals surface area contributed by atoms with E-state index in [0.717, 1.165) is 11.1 Å². The predicted molar refractivity (Wildman–Crippen MR) is 89.5 cm³/mol. The second-order valence-corrected chi connectivity index (χ2v) is 5.78. The molecule has 1 N–H and O–H groups in total. The number of carbonyl (C=O) groups excluding carboxylic acids is 2. The molecule has 2 amide bonds. The van der Waals surface area contributed by atoms with Crippen LogP contribution < -0.4 is 10.2 Å². The number of nitrogens with zero attached hydrogens (tertiary/aromatic N) is 1. The van der Waals surface area contributed by atoms with Crippen LogP contribution in [0.5, 0.6) is 0 Å². The Balaban J connectivity index is 2.13. The third-order valence-electron chi connectivity index (χ3n) is 3.39. The van der Waals surface area contributed by atoms with Crippen molar-refractivity contribution in [2.45, 2.75) is 27.3 Å². The first-order chi connectivity index (χ1) is 10.9.